The summed E-state index contributed by atoms with van der Waals surface area (Å²) in [6, 6.07) is 3.39. The zero-order valence-corrected chi connectivity index (χ0v) is 9.01. The van der Waals surface area contributed by atoms with Crippen LogP contribution < -0.4 is 4.74 Å². The van der Waals surface area contributed by atoms with Gasteiger partial charge in [0.15, 0.2) is 0 Å². The molecule has 0 bridgehead atoms. The predicted molar refractivity (Wildman–Crippen MR) is 57.2 cm³/mol. The van der Waals surface area contributed by atoms with Gasteiger partial charge in [0.25, 0.3) is 0 Å². The highest BCUT2D eigenvalue weighted by atomic mass is 32.2. The van der Waals surface area contributed by atoms with Crippen LogP contribution in [0.2, 0.25) is 0 Å². The molecule has 0 aliphatic carbocycles. The van der Waals surface area contributed by atoms with E-state index in [0.29, 0.717) is 6.61 Å². The van der Waals surface area contributed by atoms with Crippen molar-refractivity contribution >= 4 is 17.7 Å². The summed E-state index contributed by atoms with van der Waals surface area (Å²) >= 11 is 1.57. The Morgan fingerprint density at radius 3 is 2.93 bits per heavy atom. The molecule has 0 atom stereocenters. The van der Waals surface area contributed by atoms with Gasteiger partial charge in [0, 0.05) is 11.8 Å². The molecule has 0 heterocycles. The summed E-state index contributed by atoms with van der Waals surface area (Å²) in [5, 5.41) is 8.81. The first-order valence-electron chi connectivity index (χ1n) is 4.29. The van der Waals surface area contributed by atoms with Crippen molar-refractivity contribution in [1.82, 2.24) is 0 Å². The smallest absolute Gasteiger partial charge is 0.339 e. The first kappa shape index (κ1) is 11.8. The van der Waals surface area contributed by atoms with Gasteiger partial charge in [0.05, 0.1) is 6.61 Å². The third kappa shape index (κ3) is 3.43. The lowest BCUT2D eigenvalue weighted by Gasteiger charge is -2.08. The van der Waals surface area contributed by atoms with E-state index < -0.39 is 11.8 Å². The van der Waals surface area contributed by atoms with Crippen molar-refractivity contribution in [3.63, 3.8) is 0 Å². The molecule has 0 aliphatic heterocycles. The Morgan fingerprint density at radius 1 is 1.60 bits per heavy atom. The zero-order valence-electron chi connectivity index (χ0n) is 8.20. The Balaban J connectivity index is 2.82. The number of carbonyl (C=O) groups is 1. The molecule has 5 heteroatoms. The zero-order chi connectivity index (χ0) is 11.3. The molecule has 0 spiro atoms. The summed E-state index contributed by atoms with van der Waals surface area (Å²) in [5.41, 5.74) is -0.0162. The topological polar surface area (TPSA) is 46.5 Å². The number of aromatic carboxylic acids is 1. The lowest BCUT2D eigenvalue weighted by Crippen LogP contribution is -2.06. The van der Waals surface area contributed by atoms with Crippen LogP contribution in [0.1, 0.15) is 10.4 Å². The Bertz CT molecular complexity index is 355. The SMILES string of the molecule is CSCCOc1cc(F)ccc1C(=O)O. The number of thioether (sulfide) groups is 1. The van der Waals surface area contributed by atoms with Crippen LogP contribution in [0.5, 0.6) is 5.75 Å². The predicted octanol–water partition coefficient (Wildman–Crippen LogP) is 2.27. The molecule has 0 unspecified atom stereocenters. The summed E-state index contributed by atoms with van der Waals surface area (Å²) < 4.78 is 18.0. The van der Waals surface area contributed by atoms with Gasteiger partial charge in [-0.15, -0.1) is 0 Å². The maximum absolute atomic E-state index is 12.8. The Kier molecular flexibility index (Phi) is 4.42. The molecule has 0 saturated carbocycles. The maximum Gasteiger partial charge on any atom is 0.339 e. The third-order valence-corrected chi connectivity index (χ3v) is 2.29. The molecule has 0 aromatic heterocycles. The average Bonchev–Trinajstić information content (AvgIpc) is 2.18. The summed E-state index contributed by atoms with van der Waals surface area (Å²) in [6.07, 6.45) is 1.91. The van der Waals surface area contributed by atoms with E-state index in [9.17, 15) is 9.18 Å². The number of ether oxygens (including phenoxy) is 1. The van der Waals surface area contributed by atoms with Crippen LogP contribution in [0.15, 0.2) is 18.2 Å². The van der Waals surface area contributed by atoms with Gasteiger partial charge < -0.3 is 9.84 Å². The molecule has 82 valence electrons. The normalized spacial score (nSPS) is 10.0. The largest absolute Gasteiger partial charge is 0.492 e. The molecular weight excluding hydrogens is 219 g/mol. The quantitative estimate of drug-likeness (QED) is 0.788. The molecule has 0 aliphatic rings. The average molecular weight is 230 g/mol. The van der Waals surface area contributed by atoms with Crippen molar-refractivity contribution in [2.75, 3.05) is 18.6 Å². The van der Waals surface area contributed by atoms with Gasteiger partial charge in [0.1, 0.15) is 17.1 Å². The second-order valence-electron chi connectivity index (χ2n) is 2.79. The summed E-state index contributed by atoms with van der Waals surface area (Å²) in [4.78, 5) is 10.8. The van der Waals surface area contributed by atoms with Gasteiger partial charge >= 0.3 is 5.97 Å². The van der Waals surface area contributed by atoms with Crippen molar-refractivity contribution in [2.45, 2.75) is 0 Å². The number of carboxylic acids is 1. The number of benzene rings is 1. The first-order chi connectivity index (χ1) is 7.15. The highest BCUT2D eigenvalue weighted by molar-refractivity contribution is 7.98. The second kappa shape index (κ2) is 5.60. The Morgan fingerprint density at radius 2 is 2.33 bits per heavy atom. The first-order valence-corrected chi connectivity index (χ1v) is 5.69. The Labute approximate surface area is 91.2 Å². The van der Waals surface area contributed by atoms with E-state index >= 15 is 0 Å². The minimum Gasteiger partial charge on any atom is -0.492 e. The van der Waals surface area contributed by atoms with Crippen molar-refractivity contribution in [3.8, 4) is 5.75 Å². The summed E-state index contributed by atoms with van der Waals surface area (Å²) in [5.74, 6) is -0.805. The third-order valence-electron chi connectivity index (χ3n) is 1.72. The van der Waals surface area contributed by atoms with Crippen LogP contribution in [0, 0.1) is 5.82 Å². The van der Waals surface area contributed by atoms with Crippen molar-refractivity contribution < 1.29 is 19.0 Å². The van der Waals surface area contributed by atoms with Gasteiger partial charge in [0.2, 0.25) is 0 Å². The van der Waals surface area contributed by atoms with E-state index in [0.717, 1.165) is 17.9 Å². The number of carboxylic acid groups (broad SMARTS) is 1. The molecule has 0 saturated heterocycles. The maximum atomic E-state index is 12.8. The van der Waals surface area contributed by atoms with Crippen molar-refractivity contribution in [2.24, 2.45) is 0 Å². The van der Waals surface area contributed by atoms with Crippen LogP contribution in [-0.4, -0.2) is 29.7 Å². The highest BCUT2D eigenvalue weighted by Gasteiger charge is 2.11. The Hall–Kier alpha value is -1.23. The fraction of sp³-hybridized carbons (Fsp3) is 0.300. The highest BCUT2D eigenvalue weighted by Crippen LogP contribution is 2.20. The fourth-order valence-corrected chi connectivity index (χ4v) is 1.28. The number of hydrogen-bond donors (Lipinski definition) is 1. The van der Waals surface area contributed by atoms with Crippen LogP contribution in [-0.2, 0) is 0 Å². The molecule has 0 fully saturated rings. The van der Waals surface area contributed by atoms with E-state index in [1.807, 2.05) is 6.26 Å². The van der Waals surface area contributed by atoms with Crippen molar-refractivity contribution in [3.05, 3.63) is 29.6 Å². The van der Waals surface area contributed by atoms with Crippen molar-refractivity contribution in [1.29, 1.82) is 0 Å². The molecule has 3 nitrogen and oxygen atoms in total. The van der Waals surface area contributed by atoms with Gasteiger partial charge in [-0.3, -0.25) is 0 Å². The van der Waals surface area contributed by atoms with Crippen LogP contribution in [0.3, 0.4) is 0 Å². The van der Waals surface area contributed by atoms with E-state index in [2.05, 4.69) is 0 Å². The number of hydrogen-bond acceptors (Lipinski definition) is 3. The summed E-state index contributed by atoms with van der Waals surface area (Å²) in [7, 11) is 0. The molecule has 1 aromatic rings. The van der Waals surface area contributed by atoms with E-state index in [-0.39, 0.29) is 11.3 Å². The lowest BCUT2D eigenvalue weighted by atomic mass is 10.2. The minimum absolute atomic E-state index is 0.0162. The van der Waals surface area contributed by atoms with Crippen LogP contribution in [0.4, 0.5) is 4.39 Å². The van der Waals surface area contributed by atoms with E-state index in [4.69, 9.17) is 9.84 Å². The molecule has 0 amide bonds. The lowest BCUT2D eigenvalue weighted by molar-refractivity contribution is 0.0692. The molecule has 1 N–H and O–H groups in total. The van der Waals surface area contributed by atoms with Gasteiger partial charge in [-0.25, -0.2) is 9.18 Å². The van der Waals surface area contributed by atoms with Gasteiger partial charge in [-0.2, -0.15) is 11.8 Å². The number of rotatable bonds is 5. The second-order valence-corrected chi connectivity index (χ2v) is 3.77. The molecule has 1 aromatic carbocycles. The molecule has 0 radical (unpaired) electrons. The summed E-state index contributed by atoms with van der Waals surface area (Å²) in [6.45, 7) is 0.366. The van der Waals surface area contributed by atoms with Gasteiger partial charge in [-0.1, -0.05) is 0 Å². The molecule has 1 rings (SSSR count). The van der Waals surface area contributed by atoms with E-state index in [1.165, 1.54) is 6.07 Å². The molecule has 15 heavy (non-hydrogen) atoms. The molecular formula is C10H11FO3S. The van der Waals surface area contributed by atoms with Crippen LogP contribution >= 0.6 is 11.8 Å². The minimum atomic E-state index is -1.12. The van der Waals surface area contributed by atoms with Gasteiger partial charge in [-0.05, 0) is 18.4 Å². The monoisotopic (exact) mass is 230 g/mol. The standard InChI is InChI=1S/C10H11FO3S/c1-15-5-4-14-9-6-7(11)2-3-8(9)10(12)13/h2-3,6H,4-5H2,1H3,(H,12,13). The fourth-order valence-electron chi connectivity index (χ4n) is 1.03. The van der Waals surface area contributed by atoms with Crippen LogP contribution in [0.25, 0.3) is 0 Å². The van der Waals surface area contributed by atoms with E-state index in [1.54, 1.807) is 11.8 Å². The number of halogens is 1.